The Balaban J connectivity index is 1.46. The van der Waals surface area contributed by atoms with Crippen molar-refractivity contribution in [1.82, 2.24) is 9.05 Å². The van der Waals surface area contributed by atoms with E-state index in [9.17, 15) is 0 Å². The van der Waals surface area contributed by atoms with Crippen LogP contribution >= 0.6 is 23.5 Å². The lowest BCUT2D eigenvalue weighted by Gasteiger charge is -2.34. The highest BCUT2D eigenvalue weighted by molar-refractivity contribution is 7.98. The highest BCUT2D eigenvalue weighted by Crippen LogP contribution is 2.47. The Morgan fingerprint density at radius 2 is 1.41 bits per heavy atom. The second-order valence-corrected chi connectivity index (χ2v) is 13.7. The van der Waals surface area contributed by atoms with E-state index >= 15 is 0 Å². The molecular formula is C38H23BN2OS2. The van der Waals surface area contributed by atoms with Crippen LogP contribution in [0.3, 0.4) is 0 Å². The van der Waals surface area contributed by atoms with Crippen LogP contribution in [0.2, 0.25) is 0 Å². The third kappa shape index (κ3) is 2.68. The van der Waals surface area contributed by atoms with Gasteiger partial charge in [-0.3, -0.25) is 0 Å². The van der Waals surface area contributed by atoms with Gasteiger partial charge < -0.3 is 13.5 Å². The minimum absolute atomic E-state index is 0.0151. The largest absolute Gasteiger partial charge is 0.455 e. The number of benzene rings is 6. The Hall–Kier alpha value is -4.52. The number of para-hydroxylation sites is 3. The van der Waals surface area contributed by atoms with Crippen molar-refractivity contribution < 1.29 is 4.42 Å². The Morgan fingerprint density at radius 3 is 2.30 bits per heavy atom. The number of nitrogens with zero attached hydrogens (tertiary/aromatic N) is 2. The van der Waals surface area contributed by atoms with Crippen LogP contribution in [-0.4, -0.2) is 28.4 Å². The van der Waals surface area contributed by atoms with Crippen molar-refractivity contribution in [2.45, 2.75) is 9.79 Å². The van der Waals surface area contributed by atoms with Gasteiger partial charge in [-0.05, 0) is 72.0 Å². The quantitative estimate of drug-likeness (QED) is 0.146. The van der Waals surface area contributed by atoms with Crippen LogP contribution in [0.25, 0.3) is 82.4 Å². The van der Waals surface area contributed by atoms with Crippen LogP contribution in [-0.2, 0) is 0 Å². The molecule has 6 aromatic carbocycles. The maximum absolute atomic E-state index is 6.82. The van der Waals surface area contributed by atoms with Gasteiger partial charge in [-0.2, -0.15) is 0 Å². The van der Waals surface area contributed by atoms with Gasteiger partial charge >= 0.3 is 6.85 Å². The summed E-state index contributed by atoms with van der Waals surface area (Å²) in [6.07, 6.45) is 4.36. The predicted molar refractivity (Wildman–Crippen MR) is 190 cm³/mol. The average molecular weight is 599 g/mol. The molecule has 0 spiro atoms. The van der Waals surface area contributed by atoms with Crippen LogP contribution in [0.5, 0.6) is 0 Å². The van der Waals surface area contributed by atoms with E-state index in [2.05, 4.69) is 125 Å². The van der Waals surface area contributed by atoms with E-state index in [1.807, 2.05) is 11.8 Å². The Labute approximate surface area is 261 Å². The van der Waals surface area contributed by atoms with Gasteiger partial charge in [0.2, 0.25) is 0 Å². The lowest BCUT2D eigenvalue weighted by molar-refractivity contribution is 0.670. The SMILES string of the molecule is CSc1ccc2c(c1)c1cc(SC)cc3c1n2-c1cc2c(oc4ccccc42)c2c1B3n1c3ccccc3c3cccc-2c31. The standard InChI is InChI=1S/C38H23BN2OS2/c1-43-20-14-15-30-26(16-20)27-17-21(44-2)18-29-37(27)40(30)32-19-28-23-9-4-6-13-33(23)42-38(28)34-25-11-7-10-24-22-8-3-5-12-31(22)41(36(24)25)39(29)35(32)34/h3-19H,1-2H3. The van der Waals surface area contributed by atoms with E-state index < -0.39 is 0 Å². The van der Waals surface area contributed by atoms with Gasteiger partial charge in [0.15, 0.2) is 0 Å². The summed E-state index contributed by atoms with van der Waals surface area (Å²) in [7, 11) is 0. The van der Waals surface area contributed by atoms with Crippen LogP contribution in [0.1, 0.15) is 0 Å². The minimum atomic E-state index is 0.0151. The van der Waals surface area contributed by atoms with Crippen LogP contribution in [0, 0.1) is 0 Å². The Morgan fingerprint density at radius 1 is 0.614 bits per heavy atom. The van der Waals surface area contributed by atoms with Gasteiger partial charge in [-0.15, -0.1) is 23.5 Å². The molecule has 0 aliphatic carbocycles. The summed E-state index contributed by atoms with van der Waals surface area (Å²) in [6.45, 7) is 0.0151. The average Bonchev–Trinajstić information content (AvgIpc) is 3.73. The molecule has 0 radical (unpaired) electrons. The van der Waals surface area contributed by atoms with E-state index in [-0.39, 0.29) is 6.85 Å². The van der Waals surface area contributed by atoms with Crippen LogP contribution < -0.4 is 10.9 Å². The van der Waals surface area contributed by atoms with E-state index in [1.165, 1.54) is 86.5 Å². The van der Waals surface area contributed by atoms with Gasteiger partial charge in [0.1, 0.15) is 11.2 Å². The van der Waals surface area contributed by atoms with E-state index in [1.54, 1.807) is 11.8 Å². The third-order valence-electron chi connectivity index (χ3n) is 10.1. The minimum Gasteiger partial charge on any atom is -0.455 e. The highest BCUT2D eigenvalue weighted by atomic mass is 32.2. The fourth-order valence-corrected chi connectivity index (χ4v) is 9.29. The summed E-state index contributed by atoms with van der Waals surface area (Å²) in [5.41, 5.74) is 13.5. The molecular weight excluding hydrogens is 575 g/mol. The zero-order chi connectivity index (χ0) is 28.8. The molecule has 2 aliphatic rings. The first-order valence-corrected chi connectivity index (χ1v) is 17.4. The maximum atomic E-state index is 6.82. The van der Waals surface area contributed by atoms with E-state index in [0.717, 1.165) is 16.6 Å². The third-order valence-corrected chi connectivity index (χ3v) is 11.5. The fourth-order valence-electron chi connectivity index (χ4n) is 8.37. The lowest BCUT2D eigenvalue weighted by Crippen LogP contribution is -2.55. The maximum Gasteiger partial charge on any atom is 0.333 e. The Kier molecular flexibility index (Phi) is 4.42. The molecule has 11 rings (SSSR count). The van der Waals surface area contributed by atoms with Crippen molar-refractivity contribution >= 4 is 107 Å². The molecule has 0 amide bonds. The van der Waals surface area contributed by atoms with Gasteiger partial charge in [0, 0.05) is 70.0 Å². The monoisotopic (exact) mass is 598 g/mol. The summed E-state index contributed by atoms with van der Waals surface area (Å²) >= 11 is 3.63. The summed E-state index contributed by atoms with van der Waals surface area (Å²) < 4.78 is 12.0. The zero-order valence-electron chi connectivity index (χ0n) is 24.0. The van der Waals surface area contributed by atoms with Crippen molar-refractivity contribution in [2.24, 2.45) is 0 Å². The summed E-state index contributed by atoms with van der Waals surface area (Å²) in [5, 5.41) is 7.58. The molecule has 0 bridgehead atoms. The van der Waals surface area contributed by atoms with Crippen molar-refractivity contribution in [3.63, 3.8) is 0 Å². The van der Waals surface area contributed by atoms with Crippen molar-refractivity contribution in [3.05, 3.63) is 103 Å². The summed E-state index contributed by atoms with van der Waals surface area (Å²) in [4.78, 5) is 2.58. The van der Waals surface area contributed by atoms with Crippen LogP contribution in [0.4, 0.5) is 0 Å². The number of rotatable bonds is 2. The Bertz CT molecular complexity index is 2770. The second-order valence-electron chi connectivity index (χ2n) is 12.0. The fraction of sp³-hybridized carbons (Fsp3) is 0.0526. The first-order valence-electron chi connectivity index (χ1n) is 15.0. The first-order chi connectivity index (χ1) is 21.7. The van der Waals surface area contributed by atoms with Crippen molar-refractivity contribution in [2.75, 3.05) is 12.5 Å². The number of furan rings is 1. The normalized spacial score (nSPS) is 13.4. The molecule has 0 saturated heterocycles. The smallest absolute Gasteiger partial charge is 0.333 e. The molecule has 0 saturated carbocycles. The van der Waals surface area contributed by atoms with Gasteiger partial charge in [0.05, 0.1) is 11.0 Å². The molecule has 44 heavy (non-hydrogen) atoms. The lowest BCUT2D eigenvalue weighted by atomic mass is 9.45. The summed E-state index contributed by atoms with van der Waals surface area (Å²) in [5.74, 6) is 0. The predicted octanol–water partition coefficient (Wildman–Crippen LogP) is 9.18. The van der Waals surface area contributed by atoms with Gasteiger partial charge in [0.25, 0.3) is 0 Å². The number of hydrogen-bond donors (Lipinski definition) is 0. The number of thioether (sulfide) groups is 2. The molecule has 5 heterocycles. The number of aromatic nitrogens is 2. The van der Waals surface area contributed by atoms with Gasteiger partial charge in [-0.25, -0.2) is 0 Å². The van der Waals surface area contributed by atoms with E-state index in [0.29, 0.717) is 0 Å². The first kappa shape index (κ1) is 23.9. The molecule has 0 fully saturated rings. The molecule has 0 atom stereocenters. The molecule has 6 heteroatoms. The highest BCUT2D eigenvalue weighted by Gasteiger charge is 2.43. The zero-order valence-corrected chi connectivity index (χ0v) is 25.6. The van der Waals surface area contributed by atoms with Gasteiger partial charge in [-0.1, -0.05) is 54.6 Å². The van der Waals surface area contributed by atoms with Crippen molar-refractivity contribution in [1.29, 1.82) is 0 Å². The number of hydrogen-bond acceptors (Lipinski definition) is 3. The topological polar surface area (TPSA) is 23.0 Å². The molecule has 3 nitrogen and oxygen atoms in total. The molecule has 206 valence electrons. The van der Waals surface area contributed by atoms with E-state index in [4.69, 9.17) is 4.42 Å². The second kappa shape index (κ2) is 8.14. The molecule has 0 N–H and O–H groups in total. The van der Waals surface area contributed by atoms with Crippen molar-refractivity contribution in [3.8, 4) is 16.8 Å². The molecule has 2 aliphatic heterocycles. The number of fused-ring (bicyclic) bond motifs is 14. The summed E-state index contributed by atoms with van der Waals surface area (Å²) in [6, 6.07) is 38.5. The molecule has 0 unspecified atom stereocenters. The van der Waals surface area contributed by atoms with Crippen LogP contribution in [0.15, 0.2) is 117 Å². The molecule has 3 aromatic heterocycles. The molecule has 9 aromatic rings.